The topological polar surface area (TPSA) is 92.8 Å². The first-order chi connectivity index (χ1) is 14.1. The quantitative estimate of drug-likeness (QED) is 0.314. The maximum Gasteiger partial charge on any atom is 0.326 e. The number of imide groups is 1. The normalized spacial score (nSPS) is 25.8. The second kappa shape index (κ2) is 9.48. The number of esters is 1. The summed E-state index contributed by atoms with van der Waals surface area (Å²) in [6.45, 7) is 2.78. The molecule has 7 nitrogen and oxygen atoms in total. The Labute approximate surface area is 199 Å². The van der Waals surface area contributed by atoms with Gasteiger partial charge in [-0.3, -0.25) is 24.1 Å². The molecule has 1 aromatic carbocycles. The van der Waals surface area contributed by atoms with Gasteiger partial charge in [-0.2, -0.15) is 0 Å². The Balaban J connectivity index is 1.53. The van der Waals surface area contributed by atoms with Gasteiger partial charge in [0, 0.05) is 19.8 Å². The summed E-state index contributed by atoms with van der Waals surface area (Å²) in [7, 11) is 0. The van der Waals surface area contributed by atoms with Crippen LogP contribution in [0.15, 0.2) is 16.6 Å². The summed E-state index contributed by atoms with van der Waals surface area (Å²) in [5.74, 6) is -2.83. The number of amides is 3. The molecule has 1 saturated carbocycles. The number of fused-ring (bicyclic) bond motifs is 1. The molecule has 0 bridgehead atoms. The van der Waals surface area contributed by atoms with Crippen molar-refractivity contribution in [2.45, 2.75) is 36.3 Å². The number of nitrogens with one attached hydrogen (secondary N) is 1. The molecule has 10 heteroatoms. The Hall–Kier alpha value is -1.26. The number of rotatable bonds is 5. The fourth-order valence-corrected chi connectivity index (χ4v) is 5.44. The van der Waals surface area contributed by atoms with Crippen molar-refractivity contribution in [3.63, 3.8) is 0 Å². The minimum Gasteiger partial charge on any atom is -0.454 e. The zero-order valence-corrected chi connectivity index (χ0v) is 21.2. The molecule has 1 N–H and O–H groups in total. The molecule has 1 aliphatic heterocycles. The SMILES string of the molecule is Cc1cc(NC(=O)COC(=O)CN2C(=O)[C@H]3C[C@@H](Br)[C@@H](Br)C[C@H]3C2=O)c(C)cc1Br. The molecule has 0 aromatic heterocycles. The molecule has 0 radical (unpaired) electrons. The second-order valence-corrected chi connectivity index (χ2v) is 10.8. The first kappa shape index (κ1) is 23.4. The smallest absolute Gasteiger partial charge is 0.326 e. The maximum absolute atomic E-state index is 12.6. The molecule has 0 unspecified atom stereocenters. The molecule has 2 fully saturated rings. The Morgan fingerprint density at radius 1 is 1.07 bits per heavy atom. The number of alkyl halides is 2. The van der Waals surface area contributed by atoms with Gasteiger partial charge in [-0.25, -0.2) is 0 Å². The van der Waals surface area contributed by atoms with Crippen LogP contribution in [0.3, 0.4) is 0 Å². The summed E-state index contributed by atoms with van der Waals surface area (Å²) in [5.41, 5.74) is 2.44. The molecule has 4 atom stereocenters. The van der Waals surface area contributed by atoms with Crippen molar-refractivity contribution >= 4 is 77.2 Å². The van der Waals surface area contributed by atoms with E-state index in [0.717, 1.165) is 20.5 Å². The summed E-state index contributed by atoms with van der Waals surface area (Å²) in [6, 6.07) is 3.70. The van der Waals surface area contributed by atoms with Crippen LogP contribution < -0.4 is 5.32 Å². The van der Waals surface area contributed by atoms with Gasteiger partial charge in [-0.1, -0.05) is 47.8 Å². The van der Waals surface area contributed by atoms with Crippen LogP contribution in [-0.4, -0.2) is 51.4 Å². The zero-order chi connectivity index (χ0) is 22.2. The van der Waals surface area contributed by atoms with Crippen LogP contribution in [0.1, 0.15) is 24.0 Å². The van der Waals surface area contributed by atoms with Crippen molar-refractivity contribution in [3.8, 4) is 0 Å². The molecule has 2 aliphatic rings. The van der Waals surface area contributed by atoms with E-state index < -0.39 is 36.9 Å². The van der Waals surface area contributed by atoms with Gasteiger partial charge in [0.2, 0.25) is 11.8 Å². The molecule has 1 aromatic rings. The standard InChI is InChI=1S/C20H21Br3N2O5/c1-9-4-16(10(2)3-13(9)21)24-17(26)8-30-18(27)7-25-19(28)11-5-14(22)15(23)6-12(11)20(25)29/h3-4,11-12,14-15H,5-8H2,1-2H3,(H,24,26)/t11-,12+,14+,15-. The molecule has 0 spiro atoms. The van der Waals surface area contributed by atoms with E-state index >= 15 is 0 Å². The highest BCUT2D eigenvalue weighted by Crippen LogP contribution is 2.43. The molecule has 1 heterocycles. The van der Waals surface area contributed by atoms with E-state index in [9.17, 15) is 19.2 Å². The number of anilines is 1. The van der Waals surface area contributed by atoms with E-state index in [4.69, 9.17) is 4.74 Å². The minimum atomic E-state index is -0.792. The third-order valence-corrected chi connectivity index (χ3v) is 9.02. The van der Waals surface area contributed by atoms with Crippen molar-refractivity contribution in [2.75, 3.05) is 18.5 Å². The Morgan fingerprint density at radius 2 is 1.63 bits per heavy atom. The van der Waals surface area contributed by atoms with Gasteiger partial charge < -0.3 is 10.1 Å². The number of likely N-dealkylation sites (tertiary alicyclic amines) is 1. The highest BCUT2D eigenvalue weighted by atomic mass is 79.9. The van der Waals surface area contributed by atoms with Crippen LogP contribution in [0.4, 0.5) is 5.69 Å². The average Bonchev–Trinajstić information content (AvgIpc) is 2.89. The Bertz CT molecular complexity index is 879. The van der Waals surface area contributed by atoms with Crippen LogP contribution >= 0.6 is 47.8 Å². The van der Waals surface area contributed by atoms with Crippen molar-refractivity contribution in [3.05, 3.63) is 27.7 Å². The molecule has 30 heavy (non-hydrogen) atoms. The number of aryl methyl sites for hydroxylation is 2. The van der Waals surface area contributed by atoms with Crippen molar-refractivity contribution in [1.29, 1.82) is 0 Å². The van der Waals surface area contributed by atoms with E-state index in [2.05, 4.69) is 53.1 Å². The van der Waals surface area contributed by atoms with E-state index in [0.29, 0.717) is 18.5 Å². The van der Waals surface area contributed by atoms with Gasteiger partial charge in [-0.05, 0) is 49.9 Å². The lowest BCUT2D eigenvalue weighted by Crippen LogP contribution is -2.37. The number of hydrogen-bond donors (Lipinski definition) is 1. The third-order valence-electron chi connectivity index (χ3n) is 5.43. The fourth-order valence-electron chi connectivity index (χ4n) is 3.74. The largest absolute Gasteiger partial charge is 0.454 e. The lowest BCUT2D eigenvalue weighted by atomic mass is 9.81. The number of carbonyl (C=O) groups is 4. The number of benzene rings is 1. The molecule has 3 rings (SSSR count). The van der Waals surface area contributed by atoms with Crippen LogP contribution in [0, 0.1) is 25.7 Å². The van der Waals surface area contributed by atoms with Gasteiger partial charge in [-0.15, -0.1) is 0 Å². The summed E-state index contributed by atoms with van der Waals surface area (Å²) in [4.78, 5) is 50.7. The zero-order valence-electron chi connectivity index (χ0n) is 16.4. The number of carbonyl (C=O) groups excluding carboxylic acids is 4. The van der Waals surface area contributed by atoms with E-state index in [1.807, 2.05) is 26.0 Å². The number of halogens is 3. The first-order valence-electron chi connectivity index (χ1n) is 9.44. The summed E-state index contributed by atoms with van der Waals surface area (Å²) < 4.78 is 5.93. The number of hydrogen-bond acceptors (Lipinski definition) is 5. The molecule has 1 saturated heterocycles. The number of ether oxygens (including phenoxy) is 1. The van der Waals surface area contributed by atoms with E-state index in [-0.39, 0.29) is 21.5 Å². The lowest BCUT2D eigenvalue weighted by molar-refractivity contribution is -0.154. The van der Waals surface area contributed by atoms with Crippen molar-refractivity contribution in [1.82, 2.24) is 4.90 Å². The van der Waals surface area contributed by atoms with Crippen LogP contribution in [0.25, 0.3) is 0 Å². The van der Waals surface area contributed by atoms with E-state index in [1.165, 1.54) is 0 Å². The van der Waals surface area contributed by atoms with Gasteiger partial charge in [0.05, 0.1) is 11.8 Å². The predicted octanol–water partition coefficient (Wildman–Crippen LogP) is 3.47. The predicted molar refractivity (Wildman–Crippen MR) is 122 cm³/mol. The summed E-state index contributed by atoms with van der Waals surface area (Å²) in [5, 5.41) is 2.70. The van der Waals surface area contributed by atoms with Gasteiger partial charge in [0.15, 0.2) is 6.61 Å². The van der Waals surface area contributed by atoms with Crippen molar-refractivity contribution < 1.29 is 23.9 Å². The summed E-state index contributed by atoms with van der Waals surface area (Å²) in [6.07, 6.45) is 1.07. The van der Waals surface area contributed by atoms with Gasteiger partial charge in [0.1, 0.15) is 6.54 Å². The molecular weight excluding hydrogens is 588 g/mol. The third kappa shape index (κ3) is 4.96. The Morgan fingerprint density at radius 3 is 2.20 bits per heavy atom. The minimum absolute atomic E-state index is 0.0943. The lowest BCUT2D eigenvalue weighted by Gasteiger charge is -2.29. The molecule has 3 amide bonds. The molecule has 1 aliphatic carbocycles. The first-order valence-corrected chi connectivity index (χ1v) is 12.1. The molecule has 162 valence electrons. The molecular formula is C20H21Br3N2O5. The van der Waals surface area contributed by atoms with Crippen LogP contribution in [0.2, 0.25) is 0 Å². The summed E-state index contributed by atoms with van der Waals surface area (Å²) >= 11 is 10.5. The Kier molecular flexibility index (Phi) is 7.40. The maximum atomic E-state index is 12.6. The van der Waals surface area contributed by atoms with Gasteiger partial charge >= 0.3 is 5.97 Å². The highest BCUT2D eigenvalue weighted by molar-refractivity contribution is 9.12. The van der Waals surface area contributed by atoms with Crippen molar-refractivity contribution in [2.24, 2.45) is 11.8 Å². The van der Waals surface area contributed by atoms with Gasteiger partial charge in [0.25, 0.3) is 5.91 Å². The highest BCUT2D eigenvalue weighted by Gasteiger charge is 2.52. The van der Waals surface area contributed by atoms with Crippen LogP contribution in [-0.2, 0) is 23.9 Å². The number of nitrogens with zero attached hydrogens (tertiary/aromatic N) is 1. The second-order valence-electron chi connectivity index (χ2n) is 7.60. The van der Waals surface area contributed by atoms with Crippen LogP contribution in [0.5, 0.6) is 0 Å². The average molecular weight is 609 g/mol. The fraction of sp³-hybridized carbons (Fsp3) is 0.500. The van der Waals surface area contributed by atoms with E-state index in [1.54, 1.807) is 0 Å². The monoisotopic (exact) mass is 606 g/mol.